The fourth-order valence-corrected chi connectivity index (χ4v) is 4.38. The number of para-hydroxylation sites is 1. The minimum atomic E-state index is -0.226. The topological polar surface area (TPSA) is 68.5 Å². The zero-order valence-corrected chi connectivity index (χ0v) is 16.6. The molecule has 3 heterocycles. The number of hydrogen-bond donors (Lipinski definition) is 0. The van der Waals surface area contributed by atoms with Crippen LogP contribution in [0.4, 0.5) is 5.13 Å². The molecule has 1 aliphatic heterocycles. The second kappa shape index (κ2) is 7.40. The Morgan fingerprint density at radius 3 is 2.93 bits per heavy atom. The third kappa shape index (κ3) is 3.61. The van der Waals surface area contributed by atoms with Crippen LogP contribution in [-0.2, 0) is 4.74 Å². The Morgan fingerprint density at radius 1 is 1.41 bits per heavy atom. The maximum absolute atomic E-state index is 13.1. The molecular formula is C20H23N3O3S. The summed E-state index contributed by atoms with van der Waals surface area (Å²) in [5, 5.41) is 4.53. The first kappa shape index (κ1) is 18.1. The fourth-order valence-electron chi connectivity index (χ4n) is 3.38. The Morgan fingerprint density at radius 2 is 2.26 bits per heavy atom. The lowest BCUT2D eigenvalue weighted by atomic mass is 10.0. The summed E-state index contributed by atoms with van der Waals surface area (Å²) in [5.41, 5.74) is 2.84. The van der Waals surface area contributed by atoms with Crippen molar-refractivity contribution in [1.29, 1.82) is 0 Å². The average molecular weight is 385 g/mol. The normalized spacial score (nSPS) is 17.1. The van der Waals surface area contributed by atoms with Gasteiger partial charge in [-0.3, -0.25) is 9.69 Å². The number of benzene rings is 1. The standard InChI is InChI=1S/C20H23N3O3S/c1-12(2)15-7-4-8-17-18(15)21-20(27-17)23(11-14-6-5-9-25-14)19(24)16-10-13(3)22-26-16/h4,7-8,10,12,14H,5-6,9,11H2,1-3H3/t14-/m1/s1. The largest absolute Gasteiger partial charge is 0.376 e. The third-order valence-electron chi connectivity index (χ3n) is 4.79. The summed E-state index contributed by atoms with van der Waals surface area (Å²) in [5.74, 6) is 0.368. The number of aromatic nitrogens is 2. The van der Waals surface area contributed by atoms with Gasteiger partial charge in [0.05, 0.1) is 28.6 Å². The average Bonchev–Trinajstić information content (AvgIpc) is 3.38. The van der Waals surface area contributed by atoms with Gasteiger partial charge in [0.2, 0.25) is 5.76 Å². The first-order valence-corrected chi connectivity index (χ1v) is 10.1. The van der Waals surface area contributed by atoms with Crippen LogP contribution in [0.15, 0.2) is 28.8 Å². The predicted octanol–water partition coefficient (Wildman–Crippen LogP) is 4.54. The number of carbonyl (C=O) groups is 1. The Hall–Kier alpha value is -2.25. The minimum Gasteiger partial charge on any atom is -0.376 e. The van der Waals surface area contributed by atoms with E-state index in [1.165, 1.54) is 16.9 Å². The molecule has 0 aliphatic carbocycles. The maximum Gasteiger partial charge on any atom is 0.298 e. The molecule has 1 atom stereocenters. The van der Waals surface area contributed by atoms with E-state index in [0.29, 0.717) is 23.3 Å². The van der Waals surface area contributed by atoms with Gasteiger partial charge in [0.25, 0.3) is 5.91 Å². The smallest absolute Gasteiger partial charge is 0.298 e. The highest BCUT2D eigenvalue weighted by atomic mass is 32.1. The van der Waals surface area contributed by atoms with Crippen molar-refractivity contribution in [2.45, 2.75) is 45.6 Å². The Balaban J connectivity index is 1.74. The number of rotatable bonds is 5. The van der Waals surface area contributed by atoms with Gasteiger partial charge in [0, 0.05) is 12.7 Å². The molecule has 7 heteroatoms. The number of ether oxygens (including phenoxy) is 1. The van der Waals surface area contributed by atoms with E-state index >= 15 is 0 Å². The van der Waals surface area contributed by atoms with Crippen molar-refractivity contribution in [2.75, 3.05) is 18.1 Å². The molecule has 4 rings (SSSR count). The first-order valence-electron chi connectivity index (χ1n) is 9.29. The van der Waals surface area contributed by atoms with Gasteiger partial charge in [-0.2, -0.15) is 0 Å². The zero-order chi connectivity index (χ0) is 19.0. The number of amides is 1. The molecule has 0 spiro atoms. The highest BCUT2D eigenvalue weighted by Gasteiger charge is 2.29. The molecule has 1 fully saturated rings. The Bertz CT molecular complexity index is 956. The van der Waals surface area contributed by atoms with Crippen LogP contribution in [0.1, 0.15) is 54.4 Å². The van der Waals surface area contributed by atoms with Crippen LogP contribution in [-0.4, -0.2) is 35.3 Å². The van der Waals surface area contributed by atoms with E-state index in [0.717, 1.165) is 29.7 Å². The first-order chi connectivity index (χ1) is 13.0. The molecule has 3 aromatic rings. The van der Waals surface area contributed by atoms with Gasteiger partial charge < -0.3 is 9.26 Å². The number of nitrogens with zero attached hydrogens (tertiary/aromatic N) is 3. The number of anilines is 1. The summed E-state index contributed by atoms with van der Waals surface area (Å²) >= 11 is 1.53. The van der Waals surface area contributed by atoms with Crippen molar-refractivity contribution in [2.24, 2.45) is 0 Å². The van der Waals surface area contributed by atoms with Crippen LogP contribution in [0.25, 0.3) is 10.2 Å². The van der Waals surface area contributed by atoms with Crippen LogP contribution in [0.5, 0.6) is 0 Å². The maximum atomic E-state index is 13.1. The van der Waals surface area contributed by atoms with Crippen LogP contribution < -0.4 is 4.90 Å². The van der Waals surface area contributed by atoms with E-state index in [1.807, 2.05) is 6.07 Å². The van der Waals surface area contributed by atoms with E-state index in [-0.39, 0.29) is 17.8 Å². The number of aryl methyl sites for hydroxylation is 1. The lowest BCUT2D eigenvalue weighted by Crippen LogP contribution is -2.37. The number of hydrogen-bond acceptors (Lipinski definition) is 6. The Labute approximate surface area is 162 Å². The molecule has 0 radical (unpaired) electrons. The second-order valence-electron chi connectivity index (χ2n) is 7.23. The van der Waals surface area contributed by atoms with Gasteiger partial charge in [-0.25, -0.2) is 4.98 Å². The quantitative estimate of drug-likeness (QED) is 0.645. The molecule has 0 bridgehead atoms. The summed E-state index contributed by atoms with van der Waals surface area (Å²) < 4.78 is 12.1. The molecule has 2 aromatic heterocycles. The number of thiazole rings is 1. The van der Waals surface area contributed by atoms with Gasteiger partial charge in [-0.15, -0.1) is 0 Å². The van der Waals surface area contributed by atoms with Gasteiger partial charge in [-0.05, 0) is 37.3 Å². The van der Waals surface area contributed by atoms with Gasteiger partial charge in [0.1, 0.15) is 0 Å². The summed E-state index contributed by atoms with van der Waals surface area (Å²) in [6, 6.07) is 7.86. The molecule has 1 saturated heterocycles. The van der Waals surface area contributed by atoms with E-state index in [2.05, 4.69) is 31.1 Å². The fraction of sp³-hybridized carbons (Fsp3) is 0.450. The van der Waals surface area contributed by atoms with Gasteiger partial charge in [0.15, 0.2) is 5.13 Å². The molecule has 27 heavy (non-hydrogen) atoms. The highest BCUT2D eigenvalue weighted by molar-refractivity contribution is 7.22. The van der Waals surface area contributed by atoms with E-state index < -0.39 is 0 Å². The van der Waals surface area contributed by atoms with Crippen molar-refractivity contribution in [3.05, 3.63) is 41.3 Å². The van der Waals surface area contributed by atoms with Crippen LogP contribution >= 0.6 is 11.3 Å². The van der Waals surface area contributed by atoms with Crippen molar-refractivity contribution in [1.82, 2.24) is 10.1 Å². The van der Waals surface area contributed by atoms with Crippen molar-refractivity contribution in [3.8, 4) is 0 Å². The lowest BCUT2D eigenvalue weighted by molar-refractivity contribution is 0.0887. The van der Waals surface area contributed by atoms with Crippen molar-refractivity contribution < 1.29 is 14.1 Å². The van der Waals surface area contributed by atoms with Crippen molar-refractivity contribution in [3.63, 3.8) is 0 Å². The molecule has 0 saturated carbocycles. The van der Waals surface area contributed by atoms with Crippen molar-refractivity contribution >= 4 is 32.6 Å². The van der Waals surface area contributed by atoms with Crippen LogP contribution in [0, 0.1) is 6.92 Å². The molecule has 6 nitrogen and oxygen atoms in total. The highest BCUT2D eigenvalue weighted by Crippen LogP contribution is 2.34. The summed E-state index contributed by atoms with van der Waals surface area (Å²) in [7, 11) is 0. The SMILES string of the molecule is Cc1cc(C(=O)N(C[C@H]2CCCO2)c2nc3c(C(C)C)cccc3s2)on1. The summed E-state index contributed by atoms with van der Waals surface area (Å²) in [4.78, 5) is 19.7. The molecule has 1 aromatic carbocycles. The Kier molecular flexibility index (Phi) is 4.97. The predicted molar refractivity (Wildman–Crippen MR) is 106 cm³/mol. The van der Waals surface area contributed by atoms with Crippen LogP contribution in [0.2, 0.25) is 0 Å². The molecule has 0 N–H and O–H groups in total. The molecule has 0 unspecified atom stereocenters. The van der Waals surface area contributed by atoms with E-state index in [9.17, 15) is 4.79 Å². The number of carbonyl (C=O) groups excluding carboxylic acids is 1. The van der Waals surface area contributed by atoms with E-state index in [4.69, 9.17) is 14.2 Å². The number of fused-ring (bicyclic) bond motifs is 1. The monoisotopic (exact) mass is 385 g/mol. The van der Waals surface area contributed by atoms with Crippen LogP contribution in [0.3, 0.4) is 0 Å². The third-order valence-corrected chi connectivity index (χ3v) is 5.83. The lowest BCUT2D eigenvalue weighted by Gasteiger charge is -2.21. The van der Waals surface area contributed by atoms with Gasteiger partial charge in [-0.1, -0.05) is 42.5 Å². The minimum absolute atomic E-state index is 0.0227. The van der Waals surface area contributed by atoms with E-state index in [1.54, 1.807) is 17.9 Å². The molecule has 1 aliphatic rings. The summed E-state index contributed by atoms with van der Waals surface area (Å²) in [6.07, 6.45) is 1.99. The second-order valence-corrected chi connectivity index (χ2v) is 8.24. The zero-order valence-electron chi connectivity index (χ0n) is 15.8. The van der Waals surface area contributed by atoms with Gasteiger partial charge >= 0.3 is 0 Å². The molecule has 142 valence electrons. The molecule has 1 amide bonds. The summed E-state index contributed by atoms with van der Waals surface area (Å²) in [6.45, 7) is 7.32. The molecular weight excluding hydrogens is 362 g/mol.